The van der Waals surface area contributed by atoms with Gasteiger partial charge in [-0.15, -0.1) is 0 Å². The summed E-state index contributed by atoms with van der Waals surface area (Å²) in [6.45, 7) is 6.73. The lowest BCUT2D eigenvalue weighted by Gasteiger charge is -2.10. The van der Waals surface area contributed by atoms with Crippen molar-refractivity contribution in [3.8, 4) is 0 Å². The van der Waals surface area contributed by atoms with Crippen LogP contribution in [0, 0.1) is 5.92 Å². The Morgan fingerprint density at radius 2 is 2.10 bits per heavy atom. The second-order valence-electron chi connectivity index (χ2n) is 5.79. The average Bonchev–Trinajstić information content (AvgIpc) is 2.43. The fourth-order valence-corrected chi connectivity index (χ4v) is 1.73. The van der Waals surface area contributed by atoms with Crippen molar-refractivity contribution in [3.63, 3.8) is 0 Å². The quantitative estimate of drug-likeness (QED) is 0.677. The van der Waals surface area contributed by atoms with Gasteiger partial charge in [-0.2, -0.15) is 0 Å². The summed E-state index contributed by atoms with van der Waals surface area (Å²) < 4.78 is 0. The number of amides is 1. The molecule has 0 aliphatic rings. The van der Waals surface area contributed by atoms with Gasteiger partial charge in [0.1, 0.15) is 5.69 Å². The molecule has 118 valence electrons. The molecule has 0 aromatic carbocycles. The molecule has 1 amide bonds. The maximum atomic E-state index is 12.0. The molecular formula is C15H27N5O. The van der Waals surface area contributed by atoms with E-state index < -0.39 is 0 Å². The van der Waals surface area contributed by atoms with Gasteiger partial charge in [0.05, 0.1) is 0 Å². The molecule has 0 saturated carbocycles. The third-order valence-electron chi connectivity index (χ3n) is 2.96. The van der Waals surface area contributed by atoms with Crippen molar-refractivity contribution in [3.05, 3.63) is 18.0 Å². The highest BCUT2D eigenvalue weighted by atomic mass is 16.1. The summed E-state index contributed by atoms with van der Waals surface area (Å²) >= 11 is 0. The molecule has 0 saturated heterocycles. The topological polar surface area (TPSA) is 70.2 Å². The number of aromatic nitrogens is 2. The van der Waals surface area contributed by atoms with Gasteiger partial charge in [-0.3, -0.25) is 4.79 Å². The monoisotopic (exact) mass is 293 g/mol. The van der Waals surface area contributed by atoms with Crippen LogP contribution in [0.25, 0.3) is 0 Å². The van der Waals surface area contributed by atoms with Gasteiger partial charge in [0, 0.05) is 19.3 Å². The summed E-state index contributed by atoms with van der Waals surface area (Å²) in [7, 11) is 4.08. The molecule has 0 aliphatic heterocycles. The molecule has 0 atom stereocenters. The predicted molar refractivity (Wildman–Crippen MR) is 85.5 cm³/mol. The van der Waals surface area contributed by atoms with Crippen LogP contribution in [0.2, 0.25) is 0 Å². The van der Waals surface area contributed by atoms with Gasteiger partial charge in [0.15, 0.2) is 0 Å². The highest BCUT2D eigenvalue weighted by Crippen LogP contribution is 2.02. The van der Waals surface area contributed by atoms with Crippen LogP contribution in [0.5, 0.6) is 0 Å². The largest absolute Gasteiger partial charge is 0.354 e. The van der Waals surface area contributed by atoms with Gasteiger partial charge in [-0.25, -0.2) is 9.97 Å². The minimum absolute atomic E-state index is 0.144. The lowest BCUT2D eigenvalue weighted by atomic mass is 10.1. The van der Waals surface area contributed by atoms with E-state index in [0.717, 1.165) is 25.9 Å². The van der Waals surface area contributed by atoms with Crippen LogP contribution in [0.1, 0.15) is 37.2 Å². The molecule has 0 radical (unpaired) electrons. The van der Waals surface area contributed by atoms with Crippen molar-refractivity contribution in [1.82, 2.24) is 20.2 Å². The SMILES string of the molecule is CC(C)CCNC(=O)c1ccnc(NCCCN(C)C)n1. The first-order valence-corrected chi connectivity index (χ1v) is 7.49. The number of hydrogen-bond acceptors (Lipinski definition) is 5. The predicted octanol–water partition coefficient (Wildman–Crippen LogP) is 1.62. The van der Waals surface area contributed by atoms with Crippen molar-refractivity contribution in [2.24, 2.45) is 5.92 Å². The normalized spacial score (nSPS) is 11.0. The van der Waals surface area contributed by atoms with Gasteiger partial charge < -0.3 is 15.5 Å². The van der Waals surface area contributed by atoms with E-state index in [-0.39, 0.29) is 5.91 Å². The molecule has 0 aliphatic carbocycles. The molecule has 0 fully saturated rings. The Hall–Kier alpha value is -1.69. The molecule has 6 heteroatoms. The molecule has 1 aromatic rings. The van der Waals surface area contributed by atoms with E-state index in [1.54, 1.807) is 12.3 Å². The van der Waals surface area contributed by atoms with Crippen LogP contribution in [-0.4, -0.2) is 54.5 Å². The van der Waals surface area contributed by atoms with Gasteiger partial charge in [0.2, 0.25) is 5.95 Å². The molecule has 21 heavy (non-hydrogen) atoms. The molecule has 1 aromatic heterocycles. The number of nitrogens with zero attached hydrogens (tertiary/aromatic N) is 3. The van der Waals surface area contributed by atoms with Crippen molar-refractivity contribution >= 4 is 11.9 Å². The Morgan fingerprint density at radius 1 is 1.33 bits per heavy atom. The van der Waals surface area contributed by atoms with Gasteiger partial charge >= 0.3 is 0 Å². The third-order valence-corrected chi connectivity index (χ3v) is 2.96. The van der Waals surface area contributed by atoms with Gasteiger partial charge in [0.25, 0.3) is 5.91 Å². The highest BCUT2D eigenvalue weighted by Gasteiger charge is 2.08. The number of carbonyl (C=O) groups is 1. The van der Waals surface area contributed by atoms with Crippen LogP contribution in [0.15, 0.2) is 12.3 Å². The van der Waals surface area contributed by atoms with Crippen LogP contribution in [0.4, 0.5) is 5.95 Å². The fraction of sp³-hybridized carbons (Fsp3) is 0.667. The minimum atomic E-state index is -0.144. The Labute approximate surface area is 127 Å². The van der Waals surface area contributed by atoms with Crippen LogP contribution in [-0.2, 0) is 0 Å². The maximum Gasteiger partial charge on any atom is 0.270 e. The summed E-state index contributed by atoms with van der Waals surface area (Å²) in [5.74, 6) is 0.935. The minimum Gasteiger partial charge on any atom is -0.354 e. The Kier molecular flexibility index (Phi) is 7.68. The molecule has 1 rings (SSSR count). The highest BCUT2D eigenvalue weighted by molar-refractivity contribution is 5.92. The number of carbonyl (C=O) groups excluding carboxylic acids is 1. The second-order valence-corrected chi connectivity index (χ2v) is 5.79. The summed E-state index contributed by atoms with van der Waals surface area (Å²) in [5.41, 5.74) is 0.406. The summed E-state index contributed by atoms with van der Waals surface area (Å²) in [6, 6.07) is 1.63. The molecular weight excluding hydrogens is 266 g/mol. The molecule has 1 heterocycles. The summed E-state index contributed by atoms with van der Waals surface area (Å²) in [6.07, 6.45) is 3.58. The van der Waals surface area contributed by atoms with Crippen molar-refractivity contribution < 1.29 is 4.79 Å². The summed E-state index contributed by atoms with van der Waals surface area (Å²) in [4.78, 5) is 22.5. The lowest BCUT2D eigenvalue weighted by molar-refractivity contribution is 0.0947. The first-order valence-electron chi connectivity index (χ1n) is 7.49. The zero-order valence-corrected chi connectivity index (χ0v) is 13.5. The zero-order chi connectivity index (χ0) is 15.7. The second kappa shape index (κ2) is 9.28. The van der Waals surface area contributed by atoms with Crippen LogP contribution < -0.4 is 10.6 Å². The van der Waals surface area contributed by atoms with Crippen LogP contribution >= 0.6 is 0 Å². The van der Waals surface area contributed by atoms with E-state index >= 15 is 0 Å². The van der Waals surface area contributed by atoms with E-state index in [1.807, 2.05) is 14.1 Å². The zero-order valence-electron chi connectivity index (χ0n) is 13.5. The van der Waals surface area contributed by atoms with Crippen molar-refractivity contribution in [2.75, 3.05) is 39.0 Å². The number of rotatable bonds is 9. The maximum absolute atomic E-state index is 12.0. The number of nitrogens with one attached hydrogen (secondary N) is 2. The first kappa shape index (κ1) is 17.4. The van der Waals surface area contributed by atoms with E-state index in [2.05, 4.69) is 39.3 Å². The van der Waals surface area contributed by atoms with Gasteiger partial charge in [-0.05, 0) is 45.5 Å². The number of anilines is 1. The third kappa shape index (κ3) is 7.60. The smallest absolute Gasteiger partial charge is 0.270 e. The summed E-state index contributed by atoms with van der Waals surface area (Å²) in [5, 5.41) is 6.02. The average molecular weight is 293 g/mol. The fourth-order valence-electron chi connectivity index (χ4n) is 1.73. The standard InChI is InChI=1S/C15H27N5O/c1-12(2)6-9-16-14(21)13-7-10-18-15(19-13)17-8-5-11-20(3)4/h7,10,12H,5-6,8-9,11H2,1-4H3,(H,16,21)(H,17,18,19). The number of hydrogen-bond donors (Lipinski definition) is 2. The Balaban J connectivity index is 2.42. The van der Waals surface area contributed by atoms with Crippen molar-refractivity contribution in [2.45, 2.75) is 26.7 Å². The van der Waals surface area contributed by atoms with Crippen LogP contribution in [0.3, 0.4) is 0 Å². The Morgan fingerprint density at radius 3 is 2.76 bits per heavy atom. The van der Waals surface area contributed by atoms with Gasteiger partial charge in [-0.1, -0.05) is 13.8 Å². The molecule has 0 bridgehead atoms. The first-order chi connectivity index (χ1) is 9.99. The van der Waals surface area contributed by atoms with E-state index in [9.17, 15) is 4.79 Å². The molecule has 6 nitrogen and oxygen atoms in total. The molecule has 0 spiro atoms. The molecule has 2 N–H and O–H groups in total. The van der Waals surface area contributed by atoms with E-state index in [1.165, 1.54) is 0 Å². The molecule has 0 unspecified atom stereocenters. The van der Waals surface area contributed by atoms with E-state index in [4.69, 9.17) is 0 Å². The lowest BCUT2D eigenvalue weighted by Crippen LogP contribution is -2.26. The van der Waals surface area contributed by atoms with Crippen molar-refractivity contribution in [1.29, 1.82) is 0 Å². The Bertz CT molecular complexity index is 434. The van der Waals surface area contributed by atoms with E-state index in [0.29, 0.717) is 24.1 Å².